The van der Waals surface area contributed by atoms with Crippen molar-refractivity contribution in [1.82, 2.24) is 10.6 Å². The predicted octanol–water partition coefficient (Wildman–Crippen LogP) is 2.59. The molecule has 0 spiro atoms. The average Bonchev–Trinajstić information content (AvgIpc) is 2.71. The quantitative estimate of drug-likeness (QED) is 0.347. The van der Waals surface area contributed by atoms with Crippen molar-refractivity contribution in [2.75, 3.05) is 0 Å². The molecule has 0 aliphatic carbocycles. The Labute approximate surface area is 172 Å². The lowest BCUT2D eigenvalue weighted by Crippen LogP contribution is -2.47. The van der Waals surface area contributed by atoms with Crippen LogP contribution in [0.15, 0.2) is 60.3 Å². The Morgan fingerprint density at radius 3 is 2.30 bits per heavy atom. The Morgan fingerprint density at radius 2 is 1.73 bits per heavy atom. The van der Waals surface area contributed by atoms with E-state index in [0.29, 0.717) is 5.56 Å². The molecule has 0 radical (unpaired) electrons. The first kappa shape index (κ1) is 22.3. The van der Waals surface area contributed by atoms with Gasteiger partial charge in [-0.15, -0.1) is 0 Å². The summed E-state index contributed by atoms with van der Waals surface area (Å²) in [6.45, 7) is 3.26. The molecule has 0 aliphatic heterocycles. The molecular formula is C21H21N3O6. The Kier molecular flexibility index (Phi) is 7.40. The zero-order valence-electron chi connectivity index (χ0n) is 16.4. The van der Waals surface area contributed by atoms with Crippen molar-refractivity contribution in [3.8, 4) is 0 Å². The highest BCUT2D eigenvalue weighted by Gasteiger charge is 2.25. The summed E-state index contributed by atoms with van der Waals surface area (Å²) in [7, 11) is 0. The van der Waals surface area contributed by atoms with Gasteiger partial charge in [-0.1, -0.05) is 44.2 Å². The van der Waals surface area contributed by atoms with Crippen LogP contribution < -0.4 is 10.6 Å². The predicted molar refractivity (Wildman–Crippen MR) is 109 cm³/mol. The van der Waals surface area contributed by atoms with Crippen LogP contribution in [-0.4, -0.2) is 33.9 Å². The highest BCUT2D eigenvalue weighted by Crippen LogP contribution is 2.16. The first-order chi connectivity index (χ1) is 14.2. The maximum atomic E-state index is 12.8. The van der Waals surface area contributed by atoms with Crippen molar-refractivity contribution < 1.29 is 24.4 Å². The van der Waals surface area contributed by atoms with E-state index in [0.717, 1.165) is 0 Å². The highest BCUT2D eigenvalue weighted by molar-refractivity contribution is 6.06. The highest BCUT2D eigenvalue weighted by atomic mass is 16.6. The molecule has 0 saturated heterocycles. The number of benzene rings is 2. The van der Waals surface area contributed by atoms with E-state index in [9.17, 15) is 29.6 Å². The van der Waals surface area contributed by atoms with Gasteiger partial charge >= 0.3 is 5.97 Å². The third kappa shape index (κ3) is 5.99. The van der Waals surface area contributed by atoms with Crippen molar-refractivity contribution >= 4 is 29.5 Å². The number of carboxylic acid groups (broad SMARTS) is 1. The summed E-state index contributed by atoms with van der Waals surface area (Å²) in [5, 5.41) is 25.2. The third-order valence-electron chi connectivity index (χ3n) is 4.14. The standard InChI is InChI=1S/C21H21N3O6/c1-13(2)18(21(27)28)23-20(26)17(22-19(25)15-8-4-3-5-9-15)12-14-7-6-10-16(11-14)24(29)30/h3-13,18H,1-2H3,(H,22,25)(H,23,26)(H,27,28)/b17-12-/t18-/m0/s1. The van der Waals surface area contributed by atoms with E-state index in [1.54, 1.807) is 44.2 Å². The lowest BCUT2D eigenvalue weighted by molar-refractivity contribution is -0.384. The molecule has 0 fully saturated rings. The van der Waals surface area contributed by atoms with E-state index in [1.807, 2.05) is 0 Å². The summed E-state index contributed by atoms with van der Waals surface area (Å²) < 4.78 is 0. The molecule has 9 nitrogen and oxygen atoms in total. The van der Waals surface area contributed by atoms with Crippen LogP contribution in [0.5, 0.6) is 0 Å². The van der Waals surface area contributed by atoms with E-state index in [1.165, 1.54) is 30.3 Å². The molecule has 2 rings (SSSR count). The second kappa shape index (κ2) is 9.97. The topological polar surface area (TPSA) is 139 Å². The zero-order chi connectivity index (χ0) is 22.3. The van der Waals surface area contributed by atoms with Gasteiger partial charge in [0.15, 0.2) is 0 Å². The van der Waals surface area contributed by atoms with Crippen LogP contribution in [0.3, 0.4) is 0 Å². The fourth-order valence-electron chi connectivity index (χ4n) is 2.57. The summed E-state index contributed by atoms with van der Waals surface area (Å²) in [6, 6.07) is 12.4. The van der Waals surface area contributed by atoms with E-state index < -0.39 is 34.7 Å². The zero-order valence-corrected chi connectivity index (χ0v) is 16.4. The molecule has 0 heterocycles. The van der Waals surface area contributed by atoms with Crippen LogP contribution in [0.4, 0.5) is 5.69 Å². The molecule has 0 aromatic heterocycles. The summed E-state index contributed by atoms with van der Waals surface area (Å²) >= 11 is 0. The first-order valence-electron chi connectivity index (χ1n) is 9.05. The van der Waals surface area contributed by atoms with Gasteiger partial charge in [0.1, 0.15) is 11.7 Å². The van der Waals surface area contributed by atoms with Gasteiger partial charge in [0.2, 0.25) is 0 Å². The number of hydrogen-bond acceptors (Lipinski definition) is 5. The molecule has 9 heteroatoms. The molecule has 0 saturated carbocycles. The van der Waals surface area contributed by atoms with Crippen molar-refractivity contribution in [2.24, 2.45) is 5.92 Å². The number of carbonyl (C=O) groups excluding carboxylic acids is 2. The summed E-state index contributed by atoms with van der Waals surface area (Å²) in [5.41, 5.74) is 0.146. The monoisotopic (exact) mass is 411 g/mol. The van der Waals surface area contributed by atoms with Gasteiger partial charge in [0.25, 0.3) is 17.5 Å². The lowest BCUT2D eigenvalue weighted by Gasteiger charge is -2.19. The Balaban J connectivity index is 2.40. The van der Waals surface area contributed by atoms with Crippen molar-refractivity contribution in [1.29, 1.82) is 0 Å². The fraction of sp³-hybridized carbons (Fsp3) is 0.190. The van der Waals surface area contributed by atoms with E-state index in [4.69, 9.17) is 0 Å². The number of carboxylic acids is 1. The number of amides is 2. The number of nitrogens with one attached hydrogen (secondary N) is 2. The maximum Gasteiger partial charge on any atom is 0.326 e. The SMILES string of the molecule is CC(C)[C@H](NC(=O)/C(=C/c1cccc([N+](=O)[O-])c1)NC(=O)c1ccccc1)C(=O)O. The van der Waals surface area contributed by atoms with E-state index in [2.05, 4.69) is 10.6 Å². The normalized spacial score (nSPS) is 12.2. The third-order valence-corrected chi connectivity index (χ3v) is 4.14. The minimum atomic E-state index is -1.22. The van der Waals surface area contributed by atoms with Gasteiger partial charge in [-0.05, 0) is 29.7 Å². The van der Waals surface area contributed by atoms with E-state index in [-0.39, 0.29) is 16.9 Å². The second-order valence-corrected chi connectivity index (χ2v) is 6.76. The van der Waals surface area contributed by atoms with Crippen molar-refractivity contribution in [2.45, 2.75) is 19.9 Å². The molecule has 0 unspecified atom stereocenters. The van der Waals surface area contributed by atoms with Crippen LogP contribution in [0.1, 0.15) is 29.8 Å². The lowest BCUT2D eigenvalue weighted by atomic mass is 10.0. The van der Waals surface area contributed by atoms with Crippen LogP contribution in [0.25, 0.3) is 6.08 Å². The number of carbonyl (C=O) groups is 3. The number of nitro benzene ring substituents is 1. The number of nitrogens with zero attached hydrogens (tertiary/aromatic N) is 1. The van der Waals surface area contributed by atoms with Gasteiger partial charge in [0.05, 0.1) is 4.92 Å². The second-order valence-electron chi connectivity index (χ2n) is 6.76. The number of rotatable bonds is 8. The van der Waals surface area contributed by atoms with Crippen LogP contribution in [0, 0.1) is 16.0 Å². The summed E-state index contributed by atoms with van der Waals surface area (Å²) in [5.74, 6) is -3.04. The molecule has 1 atom stereocenters. The molecule has 0 aliphatic rings. The average molecular weight is 411 g/mol. The molecule has 3 N–H and O–H groups in total. The first-order valence-corrected chi connectivity index (χ1v) is 9.05. The molecule has 0 bridgehead atoms. The summed E-state index contributed by atoms with van der Waals surface area (Å²) in [4.78, 5) is 47.1. The van der Waals surface area contributed by atoms with Crippen molar-refractivity contribution in [3.05, 3.63) is 81.5 Å². The molecule has 2 amide bonds. The molecule has 30 heavy (non-hydrogen) atoms. The van der Waals surface area contributed by atoms with Gasteiger partial charge in [-0.3, -0.25) is 19.7 Å². The minimum absolute atomic E-state index is 0.191. The molecule has 156 valence electrons. The fourth-order valence-corrected chi connectivity index (χ4v) is 2.57. The largest absolute Gasteiger partial charge is 0.480 e. The van der Waals surface area contributed by atoms with Gasteiger partial charge in [-0.25, -0.2) is 4.79 Å². The Hall–Kier alpha value is -4.01. The number of non-ortho nitro benzene ring substituents is 1. The van der Waals surface area contributed by atoms with Crippen molar-refractivity contribution in [3.63, 3.8) is 0 Å². The molecule has 2 aromatic carbocycles. The van der Waals surface area contributed by atoms with Crippen LogP contribution in [-0.2, 0) is 9.59 Å². The molecular weight excluding hydrogens is 390 g/mol. The van der Waals surface area contributed by atoms with Crippen LogP contribution >= 0.6 is 0 Å². The molecule has 2 aromatic rings. The summed E-state index contributed by atoms with van der Waals surface area (Å²) in [6.07, 6.45) is 1.25. The van der Waals surface area contributed by atoms with Gasteiger partial charge in [-0.2, -0.15) is 0 Å². The Morgan fingerprint density at radius 1 is 1.07 bits per heavy atom. The smallest absolute Gasteiger partial charge is 0.326 e. The number of nitro groups is 1. The number of aliphatic carboxylic acids is 1. The Bertz CT molecular complexity index is 985. The maximum absolute atomic E-state index is 12.8. The number of hydrogen-bond donors (Lipinski definition) is 3. The van der Waals surface area contributed by atoms with Crippen LogP contribution in [0.2, 0.25) is 0 Å². The van der Waals surface area contributed by atoms with Gasteiger partial charge < -0.3 is 15.7 Å². The van der Waals surface area contributed by atoms with Gasteiger partial charge in [0, 0.05) is 17.7 Å². The van der Waals surface area contributed by atoms with E-state index >= 15 is 0 Å². The minimum Gasteiger partial charge on any atom is -0.480 e.